The molecule has 1 aliphatic heterocycles. The van der Waals surface area contributed by atoms with Crippen molar-refractivity contribution in [2.75, 3.05) is 5.32 Å². The van der Waals surface area contributed by atoms with Crippen LogP contribution in [0.4, 0.5) is 5.69 Å². The van der Waals surface area contributed by atoms with Crippen LogP contribution < -0.4 is 10.6 Å². The molecule has 4 atom stereocenters. The van der Waals surface area contributed by atoms with Crippen molar-refractivity contribution < 1.29 is 14.4 Å². The molecule has 1 heterocycles. The number of anilines is 1. The van der Waals surface area contributed by atoms with Crippen LogP contribution in [0.25, 0.3) is 0 Å². The summed E-state index contributed by atoms with van der Waals surface area (Å²) in [7, 11) is 0. The maximum atomic E-state index is 13.5. The first-order chi connectivity index (χ1) is 16.5. The highest BCUT2D eigenvalue weighted by Crippen LogP contribution is 2.40. The fourth-order valence-corrected chi connectivity index (χ4v) is 5.55. The Hall–Kier alpha value is -3.15. The molecule has 1 saturated heterocycles. The Morgan fingerprint density at radius 2 is 1.59 bits per heavy atom. The van der Waals surface area contributed by atoms with E-state index in [0.29, 0.717) is 11.5 Å². The minimum atomic E-state index is -0.444. The van der Waals surface area contributed by atoms with Crippen molar-refractivity contribution in [2.45, 2.75) is 70.0 Å². The molecule has 2 saturated carbocycles. The van der Waals surface area contributed by atoms with E-state index in [1.165, 1.54) is 6.42 Å². The van der Waals surface area contributed by atoms with Crippen LogP contribution in [0, 0.1) is 11.8 Å². The number of nitrogens with zero attached hydrogens (tertiary/aromatic N) is 1. The maximum Gasteiger partial charge on any atom is 0.254 e. The Morgan fingerprint density at radius 3 is 2.29 bits per heavy atom. The zero-order valence-corrected chi connectivity index (χ0v) is 19.7. The average molecular weight is 460 g/mol. The van der Waals surface area contributed by atoms with Gasteiger partial charge >= 0.3 is 0 Å². The second kappa shape index (κ2) is 9.61. The molecule has 2 aliphatic carbocycles. The molecule has 4 unspecified atom stereocenters. The summed E-state index contributed by atoms with van der Waals surface area (Å²) in [6, 6.07) is 16.5. The van der Waals surface area contributed by atoms with Crippen LogP contribution in [0.1, 0.15) is 73.8 Å². The maximum absolute atomic E-state index is 13.5. The van der Waals surface area contributed by atoms with Gasteiger partial charge < -0.3 is 15.5 Å². The predicted octanol–water partition coefficient (Wildman–Crippen LogP) is 4.69. The summed E-state index contributed by atoms with van der Waals surface area (Å²) >= 11 is 0. The first-order valence-electron chi connectivity index (χ1n) is 12.6. The Kier molecular flexibility index (Phi) is 6.40. The molecule has 5 rings (SSSR count). The highest BCUT2D eigenvalue weighted by molar-refractivity contribution is 5.98. The van der Waals surface area contributed by atoms with Crippen molar-refractivity contribution in [1.82, 2.24) is 10.2 Å². The normalized spacial score (nSPS) is 24.7. The van der Waals surface area contributed by atoms with E-state index >= 15 is 0 Å². The van der Waals surface area contributed by atoms with Gasteiger partial charge in [0.1, 0.15) is 6.04 Å². The number of carbonyl (C=O) groups is 3. The molecule has 3 aliphatic rings. The predicted molar refractivity (Wildman–Crippen MR) is 131 cm³/mol. The van der Waals surface area contributed by atoms with Gasteiger partial charge in [0.05, 0.1) is 6.04 Å². The Balaban J connectivity index is 1.28. The fraction of sp³-hybridized carbons (Fsp3) is 0.464. The molecule has 3 amide bonds. The van der Waals surface area contributed by atoms with Crippen LogP contribution in [0.15, 0.2) is 54.6 Å². The van der Waals surface area contributed by atoms with Crippen LogP contribution in [-0.2, 0) is 9.59 Å². The third kappa shape index (κ3) is 4.72. The molecule has 0 bridgehead atoms. The number of benzene rings is 2. The number of carbonyl (C=O) groups excluding carboxylic acids is 3. The Labute approximate surface area is 201 Å². The molecule has 6 heteroatoms. The van der Waals surface area contributed by atoms with E-state index in [4.69, 9.17) is 0 Å². The van der Waals surface area contributed by atoms with Crippen LogP contribution in [-0.4, -0.2) is 34.7 Å². The lowest BCUT2D eigenvalue weighted by Gasteiger charge is -2.34. The lowest BCUT2D eigenvalue weighted by atomic mass is 9.84. The smallest absolute Gasteiger partial charge is 0.254 e. The molecule has 0 radical (unpaired) electrons. The second-order valence-corrected chi connectivity index (χ2v) is 10.1. The molecule has 178 valence electrons. The number of amides is 3. The van der Waals surface area contributed by atoms with Crippen molar-refractivity contribution in [3.05, 3.63) is 65.7 Å². The van der Waals surface area contributed by atoms with Gasteiger partial charge in [0.15, 0.2) is 0 Å². The summed E-state index contributed by atoms with van der Waals surface area (Å²) in [4.78, 5) is 40.8. The number of hydrogen-bond donors (Lipinski definition) is 2. The third-order valence-corrected chi connectivity index (χ3v) is 7.63. The number of nitrogens with one attached hydrogen (secondary N) is 2. The van der Waals surface area contributed by atoms with Crippen LogP contribution >= 0.6 is 0 Å². The summed E-state index contributed by atoms with van der Waals surface area (Å²) < 4.78 is 0. The molecule has 0 spiro atoms. The van der Waals surface area contributed by atoms with Gasteiger partial charge in [0.25, 0.3) is 5.91 Å². The van der Waals surface area contributed by atoms with Gasteiger partial charge in [0.2, 0.25) is 11.8 Å². The van der Waals surface area contributed by atoms with Gasteiger partial charge in [-0.2, -0.15) is 0 Å². The molecule has 2 N–H and O–H groups in total. The molecule has 6 nitrogen and oxygen atoms in total. The number of rotatable bonds is 6. The van der Waals surface area contributed by atoms with Crippen molar-refractivity contribution in [2.24, 2.45) is 11.8 Å². The highest BCUT2D eigenvalue weighted by atomic mass is 16.2. The third-order valence-electron chi connectivity index (χ3n) is 7.63. The van der Waals surface area contributed by atoms with Crippen LogP contribution in [0.2, 0.25) is 0 Å². The monoisotopic (exact) mass is 459 g/mol. The highest BCUT2D eigenvalue weighted by Gasteiger charge is 2.47. The van der Waals surface area contributed by atoms with Gasteiger partial charge in [-0.3, -0.25) is 14.4 Å². The van der Waals surface area contributed by atoms with Crippen molar-refractivity contribution >= 4 is 23.4 Å². The summed E-state index contributed by atoms with van der Waals surface area (Å²) in [5, 5.41) is 6.10. The zero-order valence-electron chi connectivity index (χ0n) is 19.7. The summed E-state index contributed by atoms with van der Waals surface area (Å²) in [5.41, 5.74) is 2.39. The van der Waals surface area contributed by atoms with Gasteiger partial charge in [-0.25, -0.2) is 0 Å². The molecular weight excluding hydrogens is 426 g/mol. The number of hydrogen-bond acceptors (Lipinski definition) is 3. The largest absolute Gasteiger partial charge is 0.348 e. The van der Waals surface area contributed by atoms with Crippen molar-refractivity contribution in [3.63, 3.8) is 0 Å². The molecule has 34 heavy (non-hydrogen) atoms. The standard InChI is InChI=1S/C28H33N3O3/c1-18(19-13-15-23(16-14-19)30-26(32)20-11-12-20)29-27(33)25-17-22-9-5-6-10-24(22)31(25)28(34)21-7-3-2-4-8-21/h2-4,7-8,13-16,18,20,22,24-25H,5-6,9-12,17H2,1H3,(H,29,33)(H,30,32). The minimum absolute atomic E-state index is 0.0430. The van der Waals surface area contributed by atoms with E-state index in [1.54, 1.807) is 0 Å². The van der Waals surface area contributed by atoms with Crippen LogP contribution in [0.3, 0.4) is 0 Å². The minimum Gasteiger partial charge on any atom is -0.348 e. The number of likely N-dealkylation sites (tertiary alicyclic amines) is 1. The average Bonchev–Trinajstić information content (AvgIpc) is 3.64. The Bertz CT molecular complexity index is 1050. The summed E-state index contributed by atoms with van der Waals surface area (Å²) in [6.07, 6.45) is 7.00. The molecular formula is C28H33N3O3. The quantitative estimate of drug-likeness (QED) is 0.658. The lowest BCUT2D eigenvalue weighted by Crippen LogP contribution is -2.50. The van der Waals surface area contributed by atoms with Crippen molar-refractivity contribution in [3.8, 4) is 0 Å². The van der Waals surface area contributed by atoms with Crippen LogP contribution in [0.5, 0.6) is 0 Å². The van der Waals surface area contributed by atoms with E-state index < -0.39 is 6.04 Å². The first-order valence-corrected chi connectivity index (χ1v) is 12.6. The summed E-state index contributed by atoms with van der Waals surface area (Å²) in [5.74, 6) is 0.507. The summed E-state index contributed by atoms with van der Waals surface area (Å²) in [6.45, 7) is 1.96. The molecule has 2 aromatic rings. The zero-order chi connectivity index (χ0) is 23.7. The van der Waals surface area contributed by atoms with E-state index in [-0.39, 0.29) is 35.7 Å². The van der Waals surface area contributed by atoms with E-state index in [0.717, 1.165) is 49.8 Å². The van der Waals surface area contributed by atoms with E-state index in [9.17, 15) is 14.4 Å². The molecule has 2 aromatic carbocycles. The SMILES string of the molecule is CC(NC(=O)C1CC2CCCCC2N1C(=O)c1ccccc1)c1ccc(NC(=O)C2CC2)cc1. The van der Waals surface area contributed by atoms with Gasteiger partial charge in [-0.1, -0.05) is 43.2 Å². The Morgan fingerprint density at radius 1 is 0.882 bits per heavy atom. The van der Waals surface area contributed by atoms with Crippen molar-refractivity contribution in [1.29, 1.82) is 0 Å². The topological polar surface area (TPSA) is 78.5 Å². The second-order valence-electron chi connectivity index (χ2n) is 10.1. The lowest BCUT2D eigenvalue weighted by molar-refractivity contribution is -0.125. The number of fused-ring (bicyclic) bond motifs is 1. The fourth-order valence-electron chi connectivity index (χ4n) is 5.55. The molecule has 0 aromatic heterocycles. The van der Waals surface area contributed by atoms with Gasteiger partial charge in [-0.15, -0.1) is 0 Å². The molecule has 3 fully saturated rings. The van der Waals surface area contributed by atoms with Gasteiger partial charge in [-0.05, 0) is 74.8 Å². The van der Waals surface area contributed by atoms with E-state index in [1.807, 2.05) is 66.4 Å². The van der Waals surface area contributed by atoms with E-state index in [2.05, 4.69) is 10.6 Å². The first kappa shape index (κ1) is 22.6. The van der Waals surface area contributed by atoms with Gasteiger partial charge in [0, 0.05) is 23.2 Å².